The molecule has 0 fully saturated rings. The zero-order valence-electron chi connectivity index (χ0n) is 25.6. The van der Waals surface area contributed by atoms with Crippen molar-refractivity contribution in [2.45, 2.75) is 39.2 Å². The van der Waals surface area contributed by atoms with Gasteiger partial charge in [-0.05, 0) is 64.1 Å². The number of methoxy groups -OCH3 is 2. The molecule has 3 aromatic carbocycles. The van der Waals surface area contributed by atoms with Gasteiger partial charge in [-0.15, -0.1) is 0 Å². The van der Waals surface area contributed by atoms with Crippen molar-refractivity contribution < 1.29 is 28.8 Å². The molecule has 0 bridgehead atoms. The summed E-state index contributed by atoms with van der Waals surface area (Å²) in [6, 6.07) is 9.45. The molecule has 0 aliphatic carbocycles. The quantitative estimate of drug-likeness (QED) is 0.134. The zero-order chi connectivity index (χ0) is 31.7. The third-order valence-corrected chi connectivity index (χ3v) is 8.06. The molecule has 0 saturated heterocycles. The minimum atomic E-state index is -0.736. The number of fused-ring (bicyclic) bond motifs is 5. The maximum absolute atomic E-state index is 14.3. The minimum Gasteiger partial charge on any atom is -0.507 e. The monoisotopic (exact) mass is 595 g/mol. The second-order valence-corrected chi connectivity index (χ2v) is 11.8. The number of rotatable bonds is 5. The van der Waals surface area contributed by atoms with Crippen molar-refractivity contribution in [2.24, 2.45) is 7.05 Å². The maximum Gasteiger partial charge on any atom is 0.336 e. The summed E-state index contributed by atoms with van der Waals surface area (Å²) in [6.07, 6.45) is 5.78. The Morgan fingerprint density at radius 3 is 2.45 bits per heavy atom. The molecule has 1 atom stereocenters. The number of ether oxygens (including phenoxy) is 3. The number of allylic oxidation sites excluding steroid dienone is 2. The molecule has 6 rings (SSSR count). The van der Waals surface area contributed by atoms with Crippen molar-refractivity contribution >= 4 is 38.9 Å². The first-order valence-electron chi connectivity index (χ1n) is 14.1. The summed E-state index contributed by atoms with van der Waals surface area (Å²) < 4.78 is 25.1. The largest absolute Gasteiger partial charge is 0.507 e. The number of benzene rings is 3. The Labute approximate surface area is 252 Å². The highest BCUT2D eigenvalue weighted by molar-refractivity contribution is 6.05. The summed E-state index contributed by atoms with van der Waals surface area (Å²) in [6.45, 7) is 7.71. The summed E-state index contributed by atoms with van der Waals surface area (Å²) in [5.74, 6) is 0.00216. The number of aromatic hydroxyl groups is 2. The molecule has 2 N–H and O–H groups in total. The summed E-state index contributed by atoms with van der Waals surface area (Å²) in [5.41, 5.74) is 2.14. The summed E-state index contributed by atoms with van der Waals surface area (Å²) in [4.78, 5) is 26.2. The Balaban J connectivity index is 1.82. The lowest BCUT2D eigenvalue weighted by Gasteiger charge is -2.33. The number of hydrogen-bond acceptors (Lipinski definition) is 8. The van der Waals surface area contributed by atoms with E-state index in [1.165, 1.54) is 32.4 Å². The second-order valence-electron chi connectivity index (χ2n) is 11.8. The van der Waals surface area contributed by atoms with Crippen LogP contribution < -0.4 is 25.3 Å². The van der Waals surface area contributed by atoms with Crippen LogP contribution in [0, 0.1) is 0 Å². The average molecular weight is 596 g/mol. The topological polar surface area (TPSA) is 120 Å². The van der Waals surface area contributed by atoms with Crippen molar-refractivity contribution in [2.75, 3.05) is 14.2 Å². The average Bonchev–Trinajstić information content (AvgIpc) is 2.97. The van der Waals surface area contributed by atoms with Crippen LogP contribution >= 0.6 is 0 Å². The van der Waals surface area contributed by atoms with Gasteiger partial charge in [-0.2, -0.15) is 0 Å². The van der Waals surface area contributed by atoms with Gasteiger partial charge in [0.1, 0.15) is 28.4 Å². The number of hydrogen-bond donors (Lipinski definition) is 2. The van der Waals surface area contributed by atoms with E-state index in [1.54, 1.807) is 23.7 Å². The SMILES string of the molecule is COc1cc2oc(=O)ccc2cc1[C@H](C=C(C)C)c1c2c(c3c(c1O)c(=O)c1ccc(O)c(OC)c1n3C)C=CC(C)(C)O2. The van der Waals surface area contributed by atoms with E-state index in [4.69, 9.17) is 18.6 Å². The van der Waals surface area contributed by atoms with Gasteiger partial charge in [0, 0.05) is 47.2 Å². The van der Waals surface area contributed by atoms with Crippen LogP contribution in [-0.2, 0) is 7.05 Å². The molecular formula is C35H33NO8. The predicted molar refractivity (Wildman–Crippen MR) is 171 cm³/mol. The van der Waals surface area contributed by atoms with Gasteiger partial charge in [0.2, 0.25) is 5.43 Å². The molecule has 44 heavy (non-hydrogen) atoms. The van der Waals surface area contributed by atoms with Crippen LogP contribution in [0.3, 0.4) is 0 Å². The van der Waals surface area contributed by atoms with Gasteiger partial charge in [0.25, 0.3) is 0 Å². The van der Waals surface area contributed by atoms with E-state index in [9.17, 15) is 19.8 Å². The van der Waals surface area contributed by atoms with Gasteiger partial charge in [-0.3, -0.25) is 4.79 Å². The molecule has 0 amide bonds. The highest BCUT2D eigenvalue weighted by Gasteiger charge is 2.35. The smallest absolute Gasteiger partial charge is 0.336 e. The molecule has 0 unspecified atom stereocenters. The van der Waals surface area contributed by atoms with E-state index < -0.39 is 22.6 Å². The van der Waals surface area contributed by atoms with Gasteiger partial charge >= 0.3 is 5.63 Å². The Morgan fingerprint density at radius 2 is 1.77 bits per heavy atom. The van der Waals surface area contributed by atoms with Crippen molar-refractivity contribution in [3.63, 3.8) is 0 Å². The van der Waals surface area contributed by atoms with E-state index >= 15 is 0 Å². The van der Waals surface area contributed by atoms with E-state index in [1.807, 2.05) is 52.0 Å². The number of phenols is 2. The Bertz CT molecular complexity index is 2200. The second kappa shape index (κ2) is 10.2. The fourth-order valence-electron chi connectivity index (χ4n) is 6.16. The Morgan fingerprint density at radius 1 is 1.02 bits per heavy atom. The molecule has 1 aliphatic rings. The van der Waals surface area contributed by atoms with Crippen LogP contribution in [0.4, 0.5) is 0 Å². The van der Waals surface area contributed by atoms with Crippen molar-refractivity contribution in [1.29, 1.82) is 0 Å². The van der Waals surface area contributed by atoms with Crippen LogP contribution in [-0.4, -0.2) is 34.6 Å². The lowest BCUT2D eigenvalue weighted by atomic mass is 9.83. The summed E-state index contributed by atoms with van der Waals surface area (Å²) in [5, 5.41) is 23.8. The molecule has 2 aromatic heterocycles. The summed E-state index contributed by atoms with van der Waals surface area (Å²) >= 11 is 0. The molecule has 0 spiro atoms. The van der Waals surface area contributed by atoms with E-state index in [0.29, 0.717) is 50.2 Å². The molecule has 5 aromatic rings. The van der Waals surface area contributed by atoms with Gasteiger partial charge in [-0.1, -0.05) is 11.6 Å². The zero-order valence-corrected chi connectivity index (χ0v) is 25.6. The third kappa shape index (κ3) is 4.38. The van der Waals surface area contributed by atoms with E-state index in [-0.39, 0.29) is 28.0 Å². The lowest BCUT2D eigenvalue weighted by molar-refractivity contribution is 0.156. The van der Waals surface area contributed by atoms with Crippen molar-refractivity contribution in [3.05, 3.63) is 91.5 Å². The minimum absolute atomic E-state index is 0.104. The van der Waals surface area contributed by atoms with Crippen molar-refractivity contribution in [3.8, 4) is 28.7 Å². The molecule has 0 radical (unpaired) electrons. The standard InChI is InChI=1S/C35H33NO8/c1-17(2)14-22(21-15-18-8-11-26(38)43-24(18)16-25(21)41-6)27-32(40)28-29(20-12-13-35(3,4)44-33(20)27)36(5)30-19(31(28)39)9-10-23(37)34(30)42-7/h8-16,22,37,40H,1-7H3/t22-/m0/s1. The van der Waals surface area contributed by atoms with Crippen molar-refractivity contribution in [1.82, 2.24) is 4.57 Å². The molecule has 3 heterocycles. The molecule has 226 valence electrons. The fourth-order valence-corrected chi connectivity index (χ4v) is 6.16. The third-order valence-electron chi connectivity index (χ3n) is 8.06. The molecule has 9 nitrogen and oxygen atoms in total. The van der Waals surface area contributed by atoms with Gasteiger partial charge < -0.3 is 33.4 Å². The van der Waals surface area contributed by atoms with E-state index in [2.05, 4.69) is 0 Å². The molecular weight excluding hydrogens is 562 g/mol. The molecule has 0 saturated carbocycles. The predicted octanol–water partition coefficient (Wildman–Crippen LogP) is 6.51. The van der Waals surface area contributed by atoms with Crippen LogP contribution in [0.2, 0.25) is 0 Å². The normalized spacial score (nSPS) is 14.3. The Kier molecular flexibility index (Phi) is 6.72. The number of pyridine rings is 1. The number of aromatic nitrogens is 1. The van der Waals surface area contributed by atoms with Gasteiger partial charge in [-0.25, -0.2) is 4.79 Å². The highest BCUT2D eigenvalue weighted by Crippen LogP contribution is 2.51. The van der Waals surface area contributed by atoms with Gasteiger partial charge in [0.15, 0.2) is 11.5 Å². The number of phenolic OH excluding ortho intramolecular Hbond substituents is 2. The van der Waals surface area contributed by atoms with Crippen LogP contribution in [0.25, 0.3) is 38.9 Å². The first-order valence-corrected chi connectivity index (χ1v) is 14.1. The van der Waals surface area contributed by atoms with Crippen LogP contribution in [0.1, 0.15) is 50.3 Å². The number of aryl methyl sites for hydroxylation is 1. The number of nitrogens with zero attached hydrogens (tertiary/aromatic N) is 1. The Hall–Kier alpha value is -5.18. The lowest BCUT2D eigenvalue weighted by Crippen LogP contribution is -2.29. The van der Waals surface area contributed by atoms with Crippen LogP contribution in [0.5, 0.6) is 28.7 Å². The molecule has 1 aliphatic heterocycles. The fraction of sp³-hybridized carbons (Fsp3) is 0.257. The van der Waals surface area contributed by atoms with Crippen LogP contribution in [0.15, 0.2) is 68.1 Å². The first-order chi connectivity index (χ1) is 20.9. The van der Waals surface area contributed by atoms with E-state index in [0.717, 1.165) is 5.57 Å². The molecule has 9 heteroatoms. The maximum atomic E-state index is 14.3. The summed E-state index contributed by atoms with van der Waals surface area (Å²) in [7, 11) is 4.71. The van der Waals surface area contributed by atoms with Gasteiger partial charge in [0.05, 0.1) is 36.0 Å². The highest BCUT2D eigenvalue weighted by atomic mass is 16.5. The first kappa shape index (κ1) is 28.9.